The second-order valence-corrected chi connectivity index (χ2v) is 18.5. The number of fused-ring (bicyclic) bond motifs is 4. The van der Waals surface area contributed by atoms with E-state index in [-0.39, 0.29) is 34.1 Å². The number of carbonyl (C=O) groups is 1. The molecule has 1 aliphatic carbocycles. The van der Waals surface area contributed by atoms with Crippen LogP contribution >= 0.6 is 0 Å². The van der Waals surface area contributed by atoms with E-state index < -0.39 is 5.92 Å². The number of hydrogen-bond donors (Lipinski definition) is 2. The lowest BCUT2D eigenvalue weighted by molar-refractivity contribution is -0.115. The molecule has 0 heterocycles. The van der Waals surface area contributed by atoms with Gasteiger partial charge in [-0.05, 0) is 87.8 Å². The Balaban J connectivity index is 1.45. The normalized spacial score (nSPS) is 13.7. The first-order valence-corrected chi connectivity index (χ1v) is 25.1. The van der Waals surface area contributed by atoms with E-state index in [1.807, 2.05) is 54.6 Å². The average Bonchev–Trinajstić information content (AvgIpc) is 3.33. The van der Waals surface area contributed by atoms with Crippen LogP contribution < -0.4 is 9.80 Å². The maximum Gasteiger partial charge on any atom is 0.210 e. The predicted molar refractivity (Wildman–Crippen MR) is 280 cm³/mol. The van der Waals surface area contributed by atoms with E-state index in [1.165, 1.54) is 25.7 Å². The van der Waals surface area contributed by atoms with Gasteiger partial charge >= 0.3 is 0 Å². The molecule has 0 fully saturated rings. The van der Waals surface area contributed by atoms with Crippen LogP contribution in [0, 0.1) is 6.57 Å². The Morgan fingerprint density at radius 3 is 1.38 bits per heavy atom. The van der Waals surface area contributed by atoms with Gasteiger partial charge in [0.25, 0.3) is 0 Å². The zero-order chi connectivity index (χ0) is 46.6. The first-order chi connectivity index (χ1) is 32.3. The van der Waals surface area contributed by atoms with Gasteiger partial charge in [-0.25, -0.2) is 4.85 Å². The summed E-state index contributed by atoms with van der Waals surface area (Å²) in [5.74, 6) is 0.623. The molecule has 0 spiro atoms. The lowest BCUT2D eigenvalue weighted by Gasteiger charge is -2.36. The van der Waals surface area contributed by atoms with Crippen molar-refractivity contribution in [3.63, 3.8) is 0 Å². The number of benzene rings is 6. The highest BCUT2D eigenvalue weighted by Crippen LogP contribution is 2.56. The maximum atomic E-state index is 15.4. The predicted octanol–water partition coefficient (Wildman–Crippen LogP) is 15.8. The summed E-state index contributed by atoms with van der Waals surface area (Å²) in [5, 5.41) is 42.8. The summed E-state index contributed by atoms with van der Waals surface area (Å²) in [7, 11) is 0. The fourth-order valence-electron chi connectivity index (χ4n) is 10.3. The minimum absolute atomic E-state index is 0.0331. The molecule has 0 amide bonds. The average molecular weight is 882 g/mol. The second kappa shape index (κ2) is 22.9. The van der Waals surface area contributed by atoms with Crippen LogP contribution in [0.25, 0.3) is 58.9 Å². The highest BCUT2D eigenvalue weighted by molar-refractivity contribution is 6.38. The molecule has 0 radical (unpaired) electrons. The standard InChI is InChI=1S/C59H69N4O3/c1-6-10-14-22-30-62(31-23-15-11-7-2)50-38-52(64)54(47-36-43-28-20-18-26-41(43)34-45(47)50)57-56(49(40-60)61-5)58(59(57)66)55-48-37-44-29-21-19-27-42(44)35-46(48)51(39-53(55)65)63(32-24-16-12-8-3)33-25-17-13-9-4/h18-21,26-29,34-39,57,64-65H,6-17,22-25,30-33H2,1-4H3/q-1. The molecule has 7 nitrogen and oxygen atoms in total. The number of aromatic hydroxyl groups is 2. The highest BCUT2D eigenvalue weighted by Gasteiger charge is 2.46. The minimum atomic E-state index is -1.09. The van der Waals surface area contributed by atoms with Crippen molar-refractivity contribution in [2.45, 2.75) is 136 Å². The Bertz CT molecular complexity index is 2780. The lowest BCUT2D eigenvalue weighted by Crippen LogP contribution is -2.31. The third-order valence-electron chi connectivity index (χ3n) is 13.8. The van der Waals surface area contributed by atoms with Crippen LogP contribution in [0.5, 0.6) is 11.5 Å². The van der Waals surface area contributed by atoms with Crippen LogP contribution in [0.1, 0.15) is 147 Å². The molecule has 6 aromatic carbocycles. The van der Waals surface area contributed by atoms with Crippen molar-refractivity contribution in [1.82, 2.24) is 0 Å². The number of phenolic OH excluding ortho intramolecular Hbond substituents is 2. The monoisotopic (exact) mass is 882 g/mol. The van der Waals surface area contributed by atoms with Crippen molar-refractivity contribution in [2.24, 2.45) is 0 Å². The summed E-state index contributed by atoms with van der Waals surface area (Å²) in [5.41, 5.74) is 2.78. The van der Waals surface area contributed by atoms with Gasteiger partial charge in [-0.2, -0.15) is 0 Å². The minimum Gasteiger partial charge on any atom is -0.775 e. The lowest BCUT2D eigenvalue weighted by atomic mass is 9.66. The molecule has 0 saturated heterocycles. The topological polar surface area (TPSA) is 90.7 Å². The third-order valence-corrected chi connectivity index (χ3v) is 13.8. The Hall–Kier alpha value is -6.09. The number of Topliss-reactive ketones (excluding diaryl/α,β-unsaturated/α-hetero) is 1. The molecule has 6 aromatic rings. The number of anilines is 2. The molecule has 66 heavy (non-hydrogen) atoms. The zero-order valence-corrected chi connectivity index (χ0v) is 39.9. The molecule has 1 aliphatic rings. The molecule has 0 aliphatic heterocycles. The number of hydrogen-bond acceptors (Lipinski definition) is 5. The van der Waals surface area contributed by atoms with E-state index in [2.05, 4.69) is 78.5 Å². The van der Waals surface area contributed by atoms with Gasteiger partial charge in [0.15, 0.2) is 5.78 Å². The molecule has 1 atom stereocenters. The Morgan fingerprint density at radius 1 is 0.576 bits per heavy atom. The van der Waals surface area contributed by atoms with Crippen molar-refractivity contribution in [1.29, 1.82) is 0 Å². The van der Waals surface area contributed by atoms with Crippen LogP contribution in [0.4, 0.5) is 11.4 Å². The van der Waals surface area contributed by atoms with Crippen LogP contribution in [0.15, 0.2) is 96.2 Å². The summed E-state index contributed by atoms with van der Waals surface area (Å²) in [6.07, 6.45) is 17.8. The van der Waals surface area contributed by atoms with Gasteiger partial charge in [0.05, 0.1) is 12.5 Å². The van der Waals surface area contributed by atoms with Gasteiger partial charge in [0.2, 0.25) is 5.70 Å². The number of nitrogens with zero attached hydrogens (tertiary/aromatic N) is 4. The van der Waals surface area contributed by atoms with E-state index in [0.717, 1.165) is 152 Å². The fraction of sp³-hybridized carbons (Fsp3) is 0.424. The number of phenols is 2. The van der Waals surface area contributed by atoms with Crippen LogP contribution in [-0.4, -0.2) is 48.0 Å². The Labute approximate surface area is 393 Å². The van der Waals surface area contributed by atoms with E-state index in [4.69, 9.17) is 6.57 Å². The molecular weight excluding hydrogens is 813 g/mol. The fourth-order valence-corrected chi connectivity index (χ4v) is 10.3. The maximum absolute atomic E-state index is 15.4. The van der Waals surface area contributed by atoms with Gasteiger partial charge in [-0.3, -0.25) is 10.7 Å². The van der Waals surface area contributed by atoms with Gasteiger partial charge in [-0.15, -0.1) is 0 Å². The second-order valence-electron chi connectivity index (χ2n) is 18.5. The van der Waals surface area contributed by atoms with Gasteiger partial charge in [0, 0.05) is 77.2 Å². The van der Waals surface area contributed by atoms with E-state index in [0.29, 0.717) is 16.5 Å². The van der Waals surface area contributed by atoms with Crippen LogP contribution in [-0.2, 0) is 4.79 Å². The van der Waals surface area contributed by atoms with Gasteiger partial charge < -0.3 is 25.4 Å². The van der Waals surface area contributed by atoms with Crippen molar-refractivity contribution >= 4 is 71.7 Å². The molecule has 0 saturated carbocycles. The van der Waals surface area contributed by atoms with Gasteiger partial charge in [0.1, 0.15) is 11.5 Å². The summed E-state index contributed by atoms with van der Waals surface area (Å²) >= 11 is 0. The SMILES string of the molecule is [C-]#[N+]C(=C=[N-])C1=C(c2c(O)cc(N(CCCCCC)CCCCCC)c3cc4ccccc4cc23)C(=O)C1c1c(O)cc(N(CCCCCC)CCCCCC)c2cc3ccccc3cc12. The van der Waals surface area contributed by atoms with Crippen LogP contribution in [0.3, 0.4) is 0 Å². The molecule has 1 unspecified atom stereocenters. The molecule has 7 rings (SSSR count). The highest BCUT2D eigenvalue weighted by atomic mass is 16.3. The summed E-state index contributed by atoms with van der Waals surface area (Å²) in [4.78, 5) is 23.9. The molecule has 0 aromatic heterocycles. The molecule has 7 heteroatoms. The van der Waals surface area contributed by atoms with Crippen molar-refractivity contribution in [3.8, 4) is 11.5 Å². The van der Waals surface area contributed by atoms with E-state index >= 15 is 4.79 Å². The van der Waals surface area contributed by atoms with Crippen molar-refractivity contribution < 1.29 is 15.0 Å². The first-order valence-electron chi connectivity index (χ1n) is 25.1. The summed E-state index contributed by atoms with van der Waals surface area (Å²) < 4.78 is 0. The molecule has 344 valence electrons. The number of allylic oxidation sites excluding steroid dienone is 2. The molecular formula is C59H69N4O3-. The smallest absolute Gasteiger partial charge is 0.210 e. The van der Waals surface area contributed by atoms with E-state index in [9.17, 15) is 15.6 Å². The number of carbonyl (C=O) groups excluding carboxylic acids is 1. The number of ketones is 1. The Kier molecular flexibility index (Phi) is 16.6. The van der Waals surface area contributed by atoms with E-state index in [1.54, 1.807) is 0 Å². The largest absolute Gasteiger partial charge is 0.775 e. The van der Waals surface area contributed by atoms with Crippen molar-refractivity contribution in [3.05, 3.63) is 124 Å². The molecule has 0 bridgehead atoms. The summed E-state index contributed by atoms with van der Waals surface area (Å²) in [6.45, 7) is 20.6. The number of rotatable bonds is 25. The van der Waals surface area contributed by atoms with Crippen molar-refractivity contribution in [2.75, 3.05) is 36.0 Å². The zero-order valence-electron chi connectivity index (χ0n) is 39.9. The summed E-state index contributed by atoms with van der Waals surface area (Å²) in [6, 6.07) is 28.4. The third kappa shape index (κ3) is 10.2. The van der Waals surface area contributed by atoms with Crippen LogP contribution in [0.2, 0.25) is 0 Å². The quantitative estimate of drug-likeness (QED) is 0.0259. The number of unbranched alkanes of at least 4 members (excludes halogenated alkanes) is 12. The van der Waals surface area contributed by atoms with Gasteiger partial charge in [-0.1, -0.05) is 153 Å². The first kappa shape index (κ1) is 47.9. The molecule has 2 N–H and O–H groups in total. The Morgan fingerprint density at radius 2 is 0.970 bits per heavy atom.